The Hall–Kier alpha value is -2.16. The van der Waals surface area contributed by atoms with E-state index in [-0.39, 0.29) is 5.62 Å². The average molecular weight is 160 g/mol. The van der Waals surface area contributed by atoms with E-state index < -0.39 is 0 Å². The molecule has 6 nitrogen and oxygen atoms in total. The van der Waals surface area contributed by atoms with Gasteiger partial charge < -0.3 is 0 Å². The molecular weight excluding hydrogens is 156 g/mol. The molecule has 58 valence electrons. The zero-order valence-electron chi connectivity index (χ0n) is 5.94. The molecule has 0 atom stereocenters. The minimum absolute atomic E-state index is 0.0913. The fraction of sp³-hybridized carbons (Fsp3) is 0. The summed E-state index contributed by atoms with van der Waals surface area (Å²) in [6.07, 6.45) is 4.79. The van der Waals surface area contributed by atoms with Gasteiger partial charge in [0.15, 0.2) is 6.19 Å². The number of H-pyrrole nitrogens is 1. The van der Waals surface area contributed by atoms with E-state index in [0.29, 0.717) is 11.0 Å². The van der Waals surface area contributed by atoms with Crippen molar-refractivity contribution in [2.24, 2.45) is 0 Å². The van der Waals surface area contributed by atoms with Crippen molar-refractivity contribution < 1.29 is 0 Å². The van der Waals surface area contributed by atoms with Gasteiger partial charge in [0.05, 0.1) is 12.4 Å². The van der Waals surface area contributed by atoms with E-state index in [9.17, 15) is 0 Å². The van der Waals surface area contributed by atoms with E-state index >= 15 is 0 Å². The first kappa shape index (κ1) is 6.54. The first-order valence-electron chi connectivity index (χ1n) is 3.19. The molecule has 2 aromatic heterocycles. The van der Waals surface area contributed by atoms with Crippen LogP contribution in [0.5, 0.6) is 0 Å². The highest BCUT2D eigenvalue weighted by Gasteiger charge is 2.01. The number of nitrogens with one attached hydrogen (secondary N) is 2. The number of nitrogens with zero attached hydrogens (tertiary/aromatic N) is 4. The van der Waals surface area contributed by atoms with E-state index in [0.717, 1.165) is 4.57 Å². The lowest BCUT2D eigenvalue weighted by Crippen LogP contribution is -2.19. The molecule has 0 saturated carbocycles. The Balaban J connectivity index is 3.05. The largest absolute Gasteiger partial charge is 0.275 e. The summed E-state index contributed by atoms with van der Waals surface area (Å²) in [6.45, 7) is 0. The fourth-order valence-electron chi connectivity index (χ4n) is 0.962. The van der Waals surface area contributed by atoms with Gasteiger partial charge in [0.1, 0.15) is 11.0 Å². The molecule has 2 N–H and O–H groups in total. The van der Waals surface area contributed by atoms with Gasteiger partial charge in [-0.1, -0.05) is 0 Å². The Morgan fingerprint density at radius 3 is 3.17 bits per heavy atom. The van der Waals surface area contributed by atoms with Crippen LogP contribution < -0.4 is 5.62 Å². The molecule has 0 amide bonds. The van der Waals surface area contributed by atoms with Crippen LogP contribution in [0.4, 0.5) is 0 Å². The topological polar surface area (TPSA) is 94.1 Å². The number of aromatic nitrogens is 4. The lowest BCUT2D eigenvalue weighted by molar-refractivity contribution is 0.894. The molecular formula is C6H4N6. The molecule has 2 rings (SSSR count). The van der Waals surface area contributed by atoms with E-state index in [1.165, 1.54) is 12.4 Å². The van der Waals surface area contributed by atoms with Crippen molar-refractivity contribution in [3.63, 3.8) is 0 Å². The number of hydrogen-bond acceptors (Lipinski definition) is 4. The summed E-state index contributed by atoms with van der Waals surface area (Å²) >= 11 is 0. The van der Waals surface area contributed by atoms with Gasteiger partial charge in [0.25, 0.3) is 0 Å². The highest BCUT2D eigenvalue weighted by Crippen LogP contribution is 2.03. The fourth-order valence-corrected chi connectivity index (χ4v) is 0.962. The summed E-state index contributed by atoms with van der Waals surface area (Å²) in [5, 5.41) is 22.3. The van der Waals surface area contributed by atoms with Gasteiger partial charge in [-0.2, -0.15) is 10.4 Å². The van der Waals surface area contributed by atoms with Crippen LogP contribution in [0.15, 0.2) is 12.4 Å². The SMILES string of the molecule is N#Cn1c(=N)ncc2[nH]ncc21. The van der Waals surface area contributed by atoms with E-state index in [4.69, 9.17) is 10.7 Å². The minimum atomic E-state index is -0.0913. The van der Waals surface area contributed by atoms with Crippen molar-refractivity contribution in [1.82, 2.24) is 19.7 Å². The Kier molecular flexibility index (Phi) is 1.18. The summed E-state index contributed by atoms with van der Waals surface area (Å²) in [5.41, 5.74) is 1.12. The number of hydrogen-bond donors (Lipinski definition) is 2. The first-order chi connectivity index (χ1) is 5.83. The van der Waals surface area contributed by atoms with Crippen molar-refractivity contribution in [1.29, 1.82) is 10.7 Å². The second kappa shape index (κ2) is 2.17. The van der Waals surface area contributed by atoms with Crippen LogP contribution in [0.2, 0.25) is 0 Å². The molecule has 6 heteroatoms. The monoisotopic (exact) mass is 160 g/mol. The van der Waals surface area contributed by atoms with Crippen LogP contribution in [0.25, 0.3) is 11.0 Å². The van der Waals surface area contributed by atoms with Crippen molar-refractivity contribution in [3.8, 4) is 6.19 Å². The smallest absolute Gasteiger partial charge is 0.236 e. The Morgan fingerprint density at radius 1 is 1.58 bits per heavy atom. The van der Waals surface area contributed by atoms with E-state index in [1.807, 2.05) is 6.19 Å². The summed E-state index contributed by atoms with van der Waals surface area (Å²) in [6, 6.07) is 0. The summed E-state index contributed by atoms with van der Waals surface area (Å²) < 4.78 is 1.10. The Labute approximate surface area is 66.6 Å². The standard InChI is InChI=1S/C6H4N6/c7-3-12-5-2-10-11-4(5)1-9-6(12)8/h1-2,8H,(H,10,11). The average Bonchev–Trinajstić information content (AvgIpc) is 2.52. The second-order valence-corrected chi connectivity index (χ2v) is 2.19. The lowest BCUT2D eigenvalue weighted by atomic mass is 10.5. The lowest BCUT2D eigenvalue weighted by Gasteiger charge is -1.93. The maximum absolute atomic E-state index is 8.65. The maximum Gasteiger partial charge on any atom is 0.236 e. The number of rotatable bonds is 0. The van der Waals surface area contributed by atoms with Crippen LogP contribution in [0.3, 0.4) is 0 Å². The second-order valence-electron chi connectivity index (χ2n) is 2.19. The normalized spacial score (nSPS) is 9.92. The van der Waals surface area contributed by atoms with Crippen LogP contribution >= 0.6 is 0 Å². The molecule has 2 aromatic rings. The van der Waals surface area contributed by atoms with Crippen molar-refractivity contribution in [2.45, 2.75) is 0 Å². The third-order valence-electron chi connectivity index (χ3n) is 1.52. The third kappa shape index (κ3) is 0.703. The predicted molar refractivity (Wildman–Crippen MR) is 38.7 cm³/mol. The predicted octanol–water partition coefficient (Wildman–Crippen LogP) is -0.432. The van der Waals surface area contributed by atoms with Gasteiger partial charge in [-0.3, -0.25) is 10.5 Å². The molecule has 0 aliphatic carbocycles. The van der Waals surface area contributed by atoms with Gasteiger partial charge in [-0.05, 0) is 0 Å². The zero-order valence-corrected chi connectivity index (χ0v) is 5.94. The first-order valence-corrected chi connectivity index (χ1v) is 3.19. The van der Waals surface area contributed by atoms with Crippen LogP contribution in [-0.4, -0.2) is 19.7 Å². The van der Waals surface area contributed by atoms with Crippen LogP contribution in [0, 0.1) is 16.9 Å². The molecule has 0 aliphatic heterocycles. The highest BCUT2D eigenvalue weighted by atomic mass is 15.2. The molecule has 0 saturated heterocycles. The van der Waals surface area contributed by atoms with Gasteiger partial charge >= 0.3 is 0 Å². The summed E-state index contributed by atoms with van der Waals surface area (Å²) in [4.78, 5) is 3.69. The van der Waals surface area contributed by atoms with Crippen LogP contribution in [0.1, 0.15) is 0 Å². The molecule has 0 aromatic carbocycles. The number of fused-ring (bicyclic) bond motifs is 1. The molecule has 0 bridgehead atoms. The van der Waals surface area contributed by atoms with E-state index in [1.54, 1.807) is 0 Å². The molecule has 2 heterocycles. The van der Waals surface area contributed by atoms with Crippen molar-refractivity contribution in [2.75, 3.05) is 0 Å². The highest BCUT2D eigenvalue weighted by molar-refractivity contribution is 5.73. The molecule has 0 radical (unpaired) electrons. The van der Waals surface area contributed by atoms with Gasteiger partial charge in [-0.25, -0.2) is 9.55 Å². The quantitative estimate of drug-likeness (QED) is 0.547. The molecule has 0 spiro atoms. The van der Waals surface area contributed by atoms with Crippen molar-refractivity contribution in [3.05, 3.63) is 18.0 Å². The molecule has 0 unspecified atom stereocenters. The minimum Gasteiger partial charge on any atom is -0.275 e. The third-order valence-corrected chi connectivity index (χ3v) is 1.52. The zero-order chi connectivity index (χ0) is 8.55. The van der Waals surface area contributed by atoms with Gasteiger partial charge in [0.2, 0.25) is 5.62 Å². The van der Waals surface area contributed by atoms with E-state index in [2.05, 4.69) is 15.2 Å². The summed E-state index contributed by atoms with van der Waals surface area (Å²) in [5.74, 6) is 0. The van der Waals surface area contributed by atoms with Gasteiger partial charge in [0, 0.05) is 0 Å². The summed E-state index contributed by atoms with van der Waals surface area (Å²) in [7, 11) is 0. The molecule has 0 aliphatic rings. The van der Waals surface area contributed by atoms with Crippen LogP contribution in [-0.2, 0) is 0 Å². The molecule has 0 fully saturated rings. The maximum atomic E-state index is 8.65. The number of aromatic amines is 1. The molecule has 12 heavy (non-hydrogen) atoms. The Bertz CT molecular complexity index is 513. The Morgan fingerprint density at radius 2 is 2.42 bits per heavy atom. The number of nitriles is 1. The van der Waals surface area contributed by atoms with Crippen molar-refractivity contribution >= 4 is 11.0 Å². The van der Waals surface area contributed by atoms with Gasteiger partial charge in [-0.15, -0.1) is 0 Å².